The fourth-order valence-electron chi connectivity index (χ4n) is 7.54. The van der Waals surface area contributed by atoms with Crippen molar-refractivity contribution in [3.8, 4) is 108 Å². The molecule has 62 heavy (non-hydrogen) atoms. The van der Waals surface area contributed by atoms with Gasteiger partial charge in [0, 0.05) is 33.4 Å². The Kier molecular flexibility index (Phi) is 10.2. The molecule has 0 radical (unpaired) electrons. The van der Waals surface area contributed by atoms with E-state index in [9.17, 15) is 5.26 Å². The highest BCUT2D eigenvalue weighted by molar-refractivity contribution is 5.92. The lowest BCUT2D eigenvalue weighted by molar-refractivity contribution is 1.07. The molecule has 0 unspecified atom stereocenters. The summed E-state index contributed by atoms with van der Waals surface area (Å²) in [4.78, 5) is 30.4. The number of nitriles is 1. The third-order valence-corrected chi connectivity index (χ3v) is 10.7. The minimum atomic E-state index is 0.548. The third-order valence-electron chi connectivity index (χ3n) is 10.7. The molecular weight excluding hydrogens is 759 g/mol. The minimum Gasteiger partial charge on any atom is -0.208 e. The van der Waals surface area contributed by atoms with E-state index >= 15 is 0 Å². The molecule has 0 bridgehead atoms. The van der Waals surface area contributed by atoms with Crippen LogP contribution in [-0.2, 0) is 0 Å². The smallest absolute Gasteiger partial charge is 0.164 e. The molecule has 2 heterocycles. The number of aromatic nitrogens is 6. The monoisotopic (exact) mass is 793 g/mol. The van der Waals surface area contributed by atoms with Crippen LogP contribution in [0.4, 0.5) is 0 Å². The van der Waals surface area contributed by atoms with E-state index in [-0.39, 0.29) is 0 Å². The molecule has 0 saturated carbocycles. The highest BCUT2D eigenvalue weighted by Gasteiger charge is 2.20. The van der Waals surface area contributed by atoms with Crippen molar-refractivity contribution in [2.75, 3.05) is 0 Å². The standard InChI is InChI=1S/C55H35N7/c56-36-37-28-30-38(31-29-37)43-24-15-25-44(34-43)53-58-50(40-18-7-2-8-19-40)59-54(60-53)45-32-33-47(49(35-45)39-16-5-1-6-17-39)46-26-13-14-27-48(46)55-61-51(41-20-9-3-10-21-41)57-52(62-55)42-22-11-4-12-23-42/h1-35H. The Hall–Kier alpha value is -8.73. The normalized spacial score (nSPS) is 10.9. The fraction of sp³-hybridized carbons (Fsp3) is 0. The predicted molar refractivity (Wildman–Crippen MR) is 247 cm³/mol. The Labute approximate surface area is 359 Å². The minimum absolute atomic E-state index is 0.548. The van der Waals surface area contributed by atoms with Gasteiger partial charge >= 0.3 is 0 Å². The van der Waals surface area contributed by atoms with Crippen molar-refractivity contribution in [2.24, 2.45) is 0 Å². The third kappa shape index (κ3) is 7.75. The molecule has 0 aliphatic carbocycles. The van der Waals surface area contributed by atoms with Gasteiger partial charge in [0.1, 0.15) is 0 Å². The van der Waals surface area contributed by atoms with Crippen molar-refractivity contribution in [3.05, 3.63) is 218 Å². The van der Waals surface area contributed by atoms with E-state index in [0.29, 0.717) is 40.5 Å². The molecule has 7 nitrogen and oxygen atoms in total. The Bertz CT molecular complexity index is 3160. The number of benzene rings is 8. The largest absolute Gasteiger partial charge is 0.208 e. The van der Waals surface area contributed by atoms with Crippen LogP contribution in [-0.4, -0.2) is 29.9 Å². The van der Waals surface area contributed by atoms with Crippen molar-refractivity contribution in [2.45, 2.75) is 0 Å². The van der Waals surface area contributed by atoms with Crippen molar-refractivity contribution in [1.82, 2.24) is 29.9 Å². The molecule has 0 aliphatic rings. The second kappa shape index (κ2) is 16.9. The van der Waals surface area contributed by atoms with E-state index in [2.05, 4.69) is 78.9 Å². The Morgan fingerprint density at radius 3 is 1.13 bits per heavy atom. The average molecular weight is 794 g/mol. The molecule has 290 valence electrons. The van der Waals surface area contributed by atoms with Gasteiger partial charge < -0.3 is 0 Å². The first-order valence-electron chi connectivity index (χ1n) is 20.3. The van der Waals surface area contributed by atoms with Crippen LogP contribution in [0.5, 0.6) is 0 Å². The summed E-state index contributed by atoms with van der Waals surface area (Å²) in [5.41, 5.74) is 11.9. The number of rotatable bonds is 9. The van der Waals surface area contributed by atoms with Gasteiger partial charge in [-0.2, -0.15) is 5.26 Å². The van der Waals surface area contributed by atoms with Gasteiger partial charge in [0.25, 0.3) is 0 Å². The van der Waals surface area contributed by atoms with Crippen LogP contribution in [0.3, 0.4) is 0 Å². The lowest BCUT2D eigenvalue weighted by Gasteiger charge is -2.16. The molecule has 0 atom stereocenters. The highest BCUT2D eigenvalue weighted by Crippen LogP contribution is 2.40. The molecule has 0 spiro atoms. The molecule has 2 aromatic heterocycles. The molecule has 10 aromatic rings. The van der Waals surface area contributed by atoms with E-state index in [1.165, 1.54) is 0 Å². The van der Waals surface area contributed by atoms with E-state index in [0.717, 1.165) is 66.8 Å². The van der Waals surface area contributed by atoms with Gasteiger partial charge in [-0.15, -0.1) is 0 Å². The first-order valence-corrected chi connectivity index (χ1v) is 20.3. The summed E-state index contributed by atoms with van der Waals surface area (Å²) in [5.74, 6) is 3.46. The van der Waals surface area contributed by atoms with E-state index in [1.54, 1.807) is 0 Å². The van der Waals surface area contributed by atoms with Crippen LogP contribution in [0.1, 0.15) is 5.56 Å². The zero-order valence-corrected chi connectivity index (χ0v) is 33.3. The summed E-state index contributed by atoms with van der Waals surface area (Å²) >= 11 is 0. The van der Waals surface area contributed by atoms with Crippen LogP contribution >= 0.6 is 0 Å². The first-order chi connectivity index (χ1) is 30.7. The van der Waals surface area contributed by atoms with Crippen molar-refractivity contribution in [3.63, 3.8) is 0 Å². The quantitative estimate of drug-likeness (QED) is 0.143. The Morgan fingerprint density at radius 2 is 0.613 bits per heavy atom. The van der Waals surface area contributed by atoms with Gasteiger partial charge in [0.05, 0.1) is 11.6 Å². The summed E-state index contributed by atoms with van der Waals surface area (Å²) in [6.07, 6.45) is 0. The maximum Gasteiger partial charge on any atom is 0.164 e. The SMILES string of the molecule is N#Cc1ccc(-c2cccc(-c3nc(-c4ccccc4)nc(-c4ccc(-c5ccccc5-c5nc(-c6ccccc6)nc(-c6ccccc6)n5)c(-c5ccccc5)c4)n3)c2)cc1. The van der Waals surface area contributed by atoms with Crippen LogP contribution in [0.25, 0.3) is 102 Å². The fourth-order valence-corrected chi connectivity index (χ4v) is 7.54. The second-order valence-corrected chi connectivity index (χ2v) is 14.7. The highest BCUT2D eigenvalue weighted by atomic mass is 15.0. The summed E-state index contributed by atoms with van der Waals surface area (Å²) in [7, 11) is 0. The van der Waals surface area contributed by atoms with E-state index in [1.807, 2.05) is 140 Å². The maximum atomic E-state index is 9.36. The van der Waals surface area contributed by atoms with Gasteiger partial charge in [-0.3, -0.25) is 0 Å². The molecular formula is C55H35N7. The molecule has 8 aromatic carbocycles. The van der Waals surface area contributed by atoms with Gasteiger partial charge in [-0.25, -0.2) is 29.9 Å². The summed E-state index contributed by atoms with van der Waals surface area (Å²) < 4.78 is 0. The van der Waals surface area contributed by atoms with Crippen LogP contribution < -0.4 is 0 Å². The zero-order valence-electron chi connectivity index (χ0n) is 33.3. The predicted octanol–water partition coefficient (Wildman–Crippen LogP) is 12.9. The van der Waals surface area contributed by atoms with Gasteiger partial charge in [-0.05, 0) is 57.6 Å². The summed E-state index contributed by atoms with van der Waals surface area (Å²) in [6.45, 7) is 0. The second-order valence-electron chi connectivity index (χ2n) is 14.7. The van der Waals surface area contributed by atoms with Gasteiger partial charge in [-0.1, -0.05) is 188 Å². The molecule has 0 aliphatic heterocycles. The van der Waals surface area contributed by atoms with Crippen molar-refractivity contribution >= 4 is 0 Å². The van der Waals surface area contributed by atoms with Crippen LogP contribution in [0, 0.1) is 11.3 Å². The maximum absolute atomic E-state index is 9.36. The Morgan fingerprint density at radius 1 is 0.242 bits per heavy atom. The lowest BCUT2D eigenvalue weighted by Crippen LogP contribution is -2.02. The van der Waals surface area contributed by atoms with Gasteiger partial charge in [0.2, 0.25) is 0 Å². The molecule has 7 heteroatoms. The van der Waals surface area contributed by atoms with E-state index < -0.39 is 0 Å². The van der Waals surface area contributed by atoms with E-state index in [4.69, 9.17) is 29.9 Å². The molecule has 0 fully saturated rings. The average Bonchev–Trinajstić information content (AvgIpc) is 3.37. The summed E-state index contributed by atoms with van der Waals surface area (Å²) in [6, 6.07) is 73.0. The first kappa shape index (κ1) is 37.5. The van der Waals surface area contributed by atoms with Crippen LogP contribution in [0.15, 0.2) is 212 Å². The van der Waals surface area contributed by atoms with Crippen molar-refractivity contribution < 1.29 is 0 Å². The molecule has 0 N–H and O–H groups in total. The molecule has 10 rings (SSSR count). The van der Waals surface area contributed by atoms with Crippen molar-refractivity contribution in [1.29, 1.82) is 5.26 Å². The topological polar surface area (TPSA) is 101 Å². The zero-order chi connectivity index (χ0) is 41.7. The number of nitrogens with zero attached hydrogens (tertiary/aromatic N) is 7. The summed E-state index contributed by atoms with van der Waals surface area (Å²) in [5, 5.41) is 9.36. The lowest BCUT2D eigenvalue weighted by atomic mass is 9.90. The number of hydrogen-bond acceptors (Lipinski definition) is 7. The molecule has 0 amide bonds. The van der Waals surface area contributed by atoms with Gasteiger partial charge in [0.15, 0.2) is 34.9 Å². The Balaban J connectivity index is 1.13. The number of hydrogen-bond donors (Lipinski definition) is 0. The van der Waals surface area contributed by atoms with Crippen LogP contribution in [0.2, 0.25) is 0 Å². The molecule has 0 saturated heterocycles.